The van der Waals surface area contributed by atoms with E-state index in [0.717, 1.165) is 31.3 Å². The average Bonchev–Trinajstić information content (AvgIpc) is 2.92. The van der Waals surface area contributed by atoms with Gasteiger partial charge in [0.05, 0.1) is 22.0 Å². The number of hydrogen-bond acceptors (Lipinski definition) is 7. The van der Waals surface area contributed by atoms with Crippen molar-refractivity contribution < 1.29 is 30.7 Å². The van der Waals surface area contributed by atoms with Gasteiger partial charge in [0, 0.05) is 37.4 Å². The van der Waals surface area contributed by atoms with Crippen molar-refractivity contribution in [2.45, 2.75) is 60.2 Å². The summed E-state index contributed by atoms with van der Waals surface area (Å²) >= 11 is 6.45. The van der Waals surface area contributed by atoms with Crippen molar-refractivity contribution in [2.24, 2.45) is 0 Å². The molecule has 0 unspecified atom stereocenters. The monoisotopic (exact) mass is 626 g/mol. The fraction of sp³-hybridized carbons (Fsp3) is 0.448. The molecule has 1 saturated heterocycles. The maximum absolute atomic E-state index is 15.2. The lowest BCUT2D eigenvalue weighted by molar-refractivity contribution is -0.137. The van der Waals surface area contributed by atoms with Crippen LogP contribution < -0.4 is 4.74 Å². The SMILES string of the molecule is CN1CC(N(C)[C@H]2C[C@@H](c3cccc(C(F)(F)F)c3)CC[C@@H]2Oc2cc(F)c(S(=O)(=O)Cc3ccncn3)cc2Cl)C1. The molecule has 2 aromatic carbocycles. The predicted octanol–water partition coefficient (Wildman–Crippen LogP) is 5.59. The zero-order valence-electron chi connectivity index (χ0n) is 23.1. The summed E-state index contributed by atoms with van der Waals surface area (Å²) in [4.78, 5) is 11.5. The van der Waals surface area contributed by atoms with Gasteiger partial charge in [-0.15, -0.1) is 0 Å². The summed E-state index contributed by atoms with van der Waals surface area (Å²) in [5.41, 5.74) is 0.154. The lowest BCUT2D eigenvalue weighted by atomic mass is 9.78. The molecule has 0 N–H and O–H groups in total. The van der Waals surface area contributed by atoms with E-state index in [1.807, 2.05) is 14.1 Å². The zero-order valence-corrected chi connectivity index (χ0v) is 24.6. The molecular formula is C29H31ClF4N4O3S. The summed E-state index contributed by atoms with van der Waals surface area (Å²) in [6.07, 6.45) is -0.677. The molecule has 5 rings (SSSR count). The minimum atomic E-state index is -4.43. The number of alkyl halides is 3. The van der Waals surface area contributed by atoms with Crippen LogP contribution in [0.2, 0.25) is 5.02 Å². The van der Waals surface area contributed by atoms with Crippen molar-refractivity contribution in [2.75, 3.05) is 27.2 Å². The number of hydrogen-bond donors (Lipinski definition) is 0. The number of rotatable bonds is 8. The van der Waals surface area contributed by atoms with Gasteiger partial charge in [0.2, 0.25) is 0 Å². The van der Waals surface area contributed by atoms with E-state index in [2.05, 4.69) is 19.8 Å². The smallest absolute Gasteiger partial charge is 0.416 e. The molecule has 0 amide bonds. The second-order valence-corrected chi connectivity index (χ2v) is 13.4. The van der Waals surface area contributed by atoms with Gasteiger partial charge < -0.3 is 9.64 Å². The van der Waals surface area contributed by atoms with E-state index in [-0.39, 0.29) is 34.5 Å². The van der Waals surface area contributed by atoms with E-state index in [9.17, 15) is 21.6 Å². The Kier molecular flexibility index (Phi) is 8.80. The number of benzene rings is 2. The molecule has 42 heavy (non-hydrogen) atoms. The normalized spacial score (nSPS) is 22.2. The van der Waals surface area contributed by atoms with Crippen molar-refractivity contribution in [3.63, 3.8) is 0 Å². The van der Waals surface area contributed by atoms with E-state index in [1.54, 1.807) is 6.07 Å². The fourth-order valence-corrected chi connectivity index (χ4v) is 7.47. The Balaban J connectivity index is 1.38. The molecule has 226 valence electrons. The highest BCUT2D eigenvalue weighted by Gasteiger charge is 2.41. The van der Waals surface area contributed by atoms with Crippen molar-refractivity contribution >= 4 is 21.4 Å². The van der Waals surface area contributed by atoms with Crippen LogP contribution in [0.1, 0.15) is 42.0 Å². The van der Waals surface area contributed by atoms with Crippen LogP contribution in [0.5, 0.6) is 5.75 Å². The van der Waals surface area contributed by atoms with Crippen LogP contribution >= 0.6 is 11.6 Å². The summed E-state index contributed by atoms with van der Waals surface area (Å²) in [6.45, 7) is 1.67. The van der Waals surface area contributed by atoms with Crippen LogP contribution in [0, 0.1) is 5.82 Å². The molecule has 1 aliphatic carbocycles. The van der Waals surface area contributed by atoms with Gasteiger partial charge in [0.15, 0.2) is 9.84 Å². The summed E-state index contributed by atoms with van der Waals surface area (Å²) < 4.78 is 87.6. The number of ether oxygens (including phenoxy) is 1. The summed E-state index contributed by atoms with van der Waals surface area (Å²) in [7, 11) is -0.125. The van der Waals surface area contributed by atoms with Crippen LogP contribution in [0.3, 0.4) is 0 Å². The van der Waals surface area contributed by atoms with Crippen LogP contribution in [-0.4, -0.2) is 73.6 Å². The molecule has 7 nitrogen and oxygen atoms in total. The number of aromatic nitrogens is 2. The molecule has 13 heteroatoms. The van der Waals surface area contributed by atoms with E-state index in [4.69, 9.17) is 16.3 Å². The first kappa shape index (κ1) is 30.7. The quantitative estimate of drug-likeness (QED) is 0.302. The van der Waals surface area contributed by atoms with Crippen LogP contribution in [-0.2, 0) is 21.8 Å². The molecule has 0 bridgehead atoms. The van der Waals surface area contributed by atoms with Gasteiger partial charge >= 0.3 is 6.18 Å². The molecule has 1 saturated carbocycles. The highest BCUT2D eigenvalue weighted by atomic mass is 35.5. The van der Waals surface area contributed by atoms with Gasteiger partial charge in [-0.3, -0.25) is 4.90 Å². The number of likely N-dealkylation sites (tertiary alicyclic amines) is 1. The van der Waals surface area contributed by atoms with Crippen molar-refractivity contribution in [3.8, 4) is 5.75 Å². The lowest BCUT2D eigenvalue weighted by Gasteiger charge is -2.49. The lowest BCUT2D eigenvalue weighted by Crippen LogP contribution is -2.62. The van der Waals surface area contributed by atoms with E-state index >= 15 is 4.39 Å². The van der Waals surface area contributed by atoms with E-state index in [0.29, 0.717) is 24.8 Å². The third-order valence-corrected chi connectivity index (χ3v) is 10.1. The van der Waals surface area contributed by atoms with Crippen molar-refractivity contribution in [3.05, 3.63) is 82.6 Å². The number of likely N-dealkylation sites (N-methyl/N-ethyl adjacent to an activating group) is 2. The Morgan fingerprint density at radius 1 is 1.14 bits per heavy atom. The standard InChI is InChI=1S/C29H31ClF4N4O3S/c1-37-14-22(15-37)38(2)25-11-19(18-4-3-5-20(10-18)29(32,33)34)6-7-26(25)41-27-13-24(31)28(12-23(27)30)42(39,40)16-21-8-9-35-17-36-21/h3-5,8-10,12-13,17,19,22,25-26H,6-7,11,14-16H2,1-2H3/t19-,25-,26-/m0/s1. The van der Waals surface area contributed by atoms with Gasteiger partial charge in [0.1, 0.15) is 28.9 Å². The van der Waals surface area contributed by atoms with Crippen molar-refractivity contribution in [1.29, 1.82) is 0 Å². The summed E-state index contributed by atoms with van der Waals surface area (Å²) in [6, 6.07) is 8.95. The van der Waals surface area contributed by atoms with Gasteiger partial charge in [0.25, 0.3) is 0 Å². The molecule has 2 aliphatic rings. The van der Waals surface area contributed by atoms with Crippen LogP contribution in [0.25, 0.3) is 0 Å². The molecule has 0 spiro atoms. The molecule has 1 aliphatic heterocycles. The minimum Gasteiger partial charge on any atom is -0.487 e. The van der Waals surface area contributed by atoms with Gasteiger partial charge in [-0.25, -0.2) is 22.8 Å². The van der Waals surface area contributed by atoms with Crippen LogP contribution in [0.15, 0.2) is 59.9 Å². The van der Waals surface area contributed by atoms with Crippen LogP contribution in [0.4, 0.5) is 17.6 Å². The molecule has 0 radical (unpaired) electrons. The Bertz CT molecular complexity index is 1520. The van der Waals surface area contributed by atoms with Crippen molar-refractivity contribution in [1.82, 2.24) is 19.8 Å². The van der Waals surface area contributed by atoms with E-state index in [1.165, 1.54) is 30.7 Å². The average molecular weight is 627 g/mol. The maximum atomic E-state index is 15.2. The second kappa shape index (κ2) is 12.1. The first-order valence-electron chi connectivity index (χ1n) is 13.5. The molecule has 1 aromatic heterocycles. The highest BCUT2D eigenvalue weighted by Crippen LogP contribution is 2.41. The molecule has 3 atom stereocenters. The highest BCUT2D eigenvalue weighted by molar-refractivity contribution is 7.90. The Morgan fingerprint density at radius 2 is 1.90 bits per heavy atom. The van der Waals surface area contributed by atoms with Gasteiger partial charge in [-0.2, -0.15) is 13.2 Å². The van der Waals surface area contributed by atoms with Gasteiger partial charge in [-0.1, -0.05) is 29.8 Å². The fourth-order valence-electron chi connectivity index (χ4n) is 5.83. The first-order valence-corrected chi connectivity index (χ1v) is 15.6. The van der Waals surface area contributed by atoms with Gasteiger partial charge in [-0.05, 0) is 63.0 Å². The molecule has 3 aromatic rings. The molecular weight excluding hydrogens is 596 g/mol. The largest absolute Gasteiger partial charge is 0.487 e. The second-order valence-electron chi connectivity index (χ2n) is 11.1. The first-order chi connectivity index (χ1) is 19.8. The zero-order chi connectivity index (χ0) is 30.2. The number of halogens is 5. The Morgan fingerprint density at radius 3 is 2.57 bits per heavy atom. The summed E-state index contributed by atoms with van der Waals surface area (Å²) in [5, 5.41) is -0.0533. The maximum Gasteiger partial charge on any atom is 0.416 e. The molecule has 2 heterocycles. The topological polar surface area (TPSA) is 75.6 Å². The minimum absolute atomic E-state index is 0.0156. The Labute approximate surface area is 247 Å². The van der Waals surface area contributed by atoms with E-state index < -0.39 is 44.1 Å². The summed E-state index contributed by atoms with van der Waals surface area (Å²) in [5.74, 6) is -1.63. The Hall–Kier alpha value is -2.80. The predicted molar refractivity (Wildman–Crippen MR) is 150 cm³/mol. The molecule has 2 fully saturated rings. The number of sulfone groups is 1. The third kappa shape index (κ3) is 6.72. The third-order valence-electron chi connectivity index (χ3n) is 8.17. The number of nitrogens with zero attached hydrogens (tertiary/aromatic N) is 4.